The number of nitrogens with one attached hydrogen (secondary N) is 1. The number of rotatable bonds is 2. The third kappa shape index (κ3) is 2.41. The summed E-state index contributed by atoms with van der Waals surface area (Å²) in [6.45, 7) is 1.86. The van der Waals surface area contributed by atoms with E-state index in [0.29, 0.717) is 10.5 Å². The molecule has 4 aromatic rings. The Labute approximate surface area is 146 Å². The molecule has 0 spiro atoms. The van der Waals surface area contributed by atoms with Gasteiger partial charge in [0.15, 0.2) is 5.65 Å². The number of hydrogen-bond acceptors (Lipinski definition) is 5. The van der Waals surface area contributed by atoms with Gasteiger partial charge < -0.3 is 0 Å². The number of fused-ring (bicyclic) bond motifs is 3. The molecule has 0 saturated heterocycles. The molecule has 0 saturated carbocycles. The summed E-state index contributed by atoms with van der Waals surface area (Å²) in [6, 6.07) is 11.1. The summed E-state index contributed by atoms with van der Waals surface area (Å²) in [5.41, 5.74) is 0.750. The Morgan fingerprint density at radius 1 is 1.12 bits per heavy atom. The fourth-order valence-electron chi connectivity index (χ4n) is 2.59. The first kappa shape index (κ1) is 15.8. The largest absolute Gasteiger partial charge is 0.281 e. The molecule has 126 valence electrons. The van der Waals surface area contributed by atoms with Crippen molar-refractivity contribution in [2.75, 3.05) is 0 Å². The molecule has 0 unspecified atom stereocenters. The van der Waals surface area contributed by atoms with Gasteiger partial charge in [-0.2, -0.15) is 4.98 Å². The SMILES string of the molecule is Cc1ccc(S(=O)(=O)c2n[nH]n3c2nc(=O)c2cc(Cl)ccc23)cc1. The maximum absolute atomic E-state index is 12.9. The standard InChI is InChI=1S/C16H11ClN4O3S/c1-9-2-5-11(6-3-9)25(23,24)16-14-18-15(22)12-8-10(17)4-7-13(12)21(14)20-19-16/h2-8,20H,1H3. The van der Waals surface area contributed by atoms with E-state index in [-0.39, 0.29) is 21.0 Å². The molecule has 0 atom stereocenters. The van der Waals surface area contributed by atoms with Crippen LogP contribution in [0.5, 0.6) is 0 Å². The lowest BCUT2D eigenvalue weighted by molar-refractivity contribution is 0.592. The smallest absolute Gasteiger partial charge is 0.267 e. The third-order valence-corrected chi connectivity index (χ3v) is 5.79. The Balaban J connectivity index is 2.04. The number of hydrogen-bond donors (Lipinski definition) is 1. The minimum atomic E-state index is -3.92. The van der Waals surface area contributed by atoms with Crippen molar-refractivity contribution in [1.29, 1.82) is 0 Å². The number of nitrogens with zero attached hydrogens (tertiary/aromatic N) is 3. The van der Waals surface area contributed by atoms with E-state index in [1.54, 1.807) is 24.3 Å². The molecule has 1 N–H and O–H groups in total. The molecule has 0 fully saturated rings. The molecule has 4 rings (SSSR count). The third-order valence-electron chi connectivity index (χ3n) is 3.88. The van der Waals surface area contributed by atoms with Crippen LogP contribution in [0.25, 0.3) is 16.6 Å². The van der Waals surface area contributed by atoms with Crippen molar-refractivity contribution < 1.29 is 8.42 Å². The summed E-state index contributed by atoms with van der Waals surface area (Å²) in [4.78, 5) is 16.3. The van der Waals surface area contributed by atoms with Crippen LogP contribution in [0.3, 0.4) is 0 Å². The number of benzene rings is 2. The molecule has 0 bridgehead atoms. The number of sulfone groups is 1. The molecule has 0 radical (unpaired) electrons. The first-order valence-corrected chi connectivity index (χ1v) is 9.12. The highest BCUT2D eigenvalue weighted by Gasteiger charge is 2.26. The van der Waals surface area contributed by atoms with Gasteiger partial charge in [-0.15, -0.1) is 5.10 Å². The van der Waals surface area contributed by atoms with Crippen LogP contribution in [0.1, 0.15) is 5.56 Å². The van der Waals surface area contributed by atoms with Gasteiger partial charge in [-0.25, -0.2) is 18.1 Å². The van der Waals surface area contributed by atoms with Crippen LogP contribution in [0.2, 0.25) is 5.02 Å². The molecule has 7 nitrogen and oxygen atoms in total. The van der Waals surface area contributed by atoms with Gasteiger partial charge in [-0.05, 0) is 37.3 Å². The van der Waals surface area contributed by atoms with Crippen LogP contribution in [-0.2, 0) is 9.84 Å². The van der Waals surface area contributed by atoms with Crippen LogP contribution >= 0.6 is 11.6 Å². The van der Waals surface area contributed by atoms with Crippen molar-refractivity contribution in [3.8, 4) is 0 Å². The Hall–Kier alpha value is -2.71. The van der Waals surface area contributed by atoms with E-state index in [1.165, 1.54) is 22.7 Å². The Bertz CT molecular complexity index is 1290. The predicted molar refractivity (Wildman–Crippen MR) is 92.8 cm³/mol. The van der Waals surface area contributed by atoms with Crippen LogP contribution in [0, 0.1) is 6.92 Å². The van der Waals surface area contributed by atoms with Crippen LogP contribution in [0.4, 0.5) is 0 Å². The topological polar surface area (TPSA) is 97.2 Å². The fraction of sp³-hybridized carbons (Fsp3) is 0.0625. The van der Waals surface area contributed by atoms with Crippen molar-refractivity contribution in [1.82, 2.24) is 19.8 Å². The molecule has 2 aromatic heterocycles. The molecule has 9 heteroatoms. The molecule has 0 aliphatic rings. The van der Waals surface area contributed by atoms with E-state index in [0.717, 1.165) is 5.56 Å². The van der Waals surface area contributed by atoms with Crippen molar-refractivity contribution >= 4 is 38.0 Å². The van der Waals surface area contributed by atoms with Crippen molar-refractivity contribution in [2.24, 2.45) is 0 Å². The summed E-state index contributed by atoms with van der Waals surface area (Å²) in [7, 11) is -3.92. The second-order valence-corrected chi connectivity index (χ2v) is 7.87. The first-order valence-electron chi connectivity index (χ1n) is 7.26. The van der Waals surface area contributed by atoms with Gasteiger partial charge in [-0.3, -0.25) is 4.79 Å². The number of aromatic nitrogens is 4. The van der Waals surface area contributed by atoms with Gasteiger partial charge in [-0.1, -0.05) is 29.3 Å². The molecule has 0 aliphatic heterocycles. The van der Waals surface area contributed by atoms with Gasteiger partial charge in [0.25, 0.3) is 5.56 Å². The zero-order chi connectivity index (χ0) is 17.8. The molecule has 0 aliphatic carbocycles. The molecule has 25 heavy (non-hydrogen) atoms. The lowest BCUT2D eigenvalue weighted by Gasteiger charge is -2.03. The lowest BCUT2D eigenvalue weighted by atomic mass is 10.2. The average molecular weight is 375 g/mol. The highest BCUT2D eigenvalue weighted by Crippen LogP contribution is 2.24. The van der Waals surface area contributed by atoms with Gasteiger partial charge in [0, 0.05) is 5.02 Å². The molecule has 0 amide bonds. The van der Waals surface area contributed by atoms with E-state index >= 15 is 0 Å². The monoisotopic (exact) mass is 374 g/mol. The summed E-state index contributed by atoms with van der Waals surface area (Å²) < 4.78 is 27.1. The Kier molecular flexibility index (Phi) is 3.41. The van der Waals surface area contributed by atoms with Gasteiger partial charge in [0.05, 0.1) is 15.8 Å². The molecule has 2 heterocycles. The van der Waals surface area contributed by atoms with Gasteiger partial charge in [0.1, 0.15) is 0 Å². The lowest BCUT2D eigenvalue weighted by Crippen LogP contribution is -2.12. The number of H-pyrrole nitrogens is 1. The second kappa shape index (κ2) is 5.40. The maximum Gasteiger partial charge on any atom is 0.281 e. The van der Waals surface area contributed by atoms with E-state index < -0.39 is 15.4 Å². The van der Waals surface area contributed by atoms with Gasteiger partial charge in [0.2, 0.25) is 14.9 Å². The average Bonchev–Trinajstić information content (AvgIpc) is 3.00. The van der Waals surface area contributed by atoms with Crippen LogP contribution < -0.4 is 5.56 Å². The summed E-state index contributed by atoms with van der Waals surface area (Å²) in [6.07, 6.45) is 0. The van der Waals surface area contributed by atoms with Crippen LogP contribution in [-0.4, -0.2) is 28.2 Å². The zero-order valence-electron chi connectivity index (χ0n) is 12.9. The van der Waals surface area contributed by atoms with E-state index in [1.807, 2.05) is 6.92 Å². The highest BCUT2D eigenvalue weighted by molar-refractivity contribution is 7.91. The van der Waals surface area contributed by atoms with E-state index in [2.05, 4.69) is 15.3 Å². The maximum atomic E-state index is 12.9. The van der Waals surface area contributed by atoms with Crippen molar-refractivity contribution in [3.63, 3.8) is 0 Å². The van der Waals surface area contributed by atoms with E-state index in [4.69, 9.17) is 11.6 Å². The first-order chi connectivity index (χ1) is 11.9. The number of halogens is 1. The molecular weight excluding hydrogens is 364 g/mol. The second-order valence-electron chi connectivity index (χ2n) is 5.57. The molecular formula is C16H11ClN4O3S. The normalized spacial score (nSPS) is 12.1. The van der Waals surface area contributed by atoms with Crippen molar-refractivity contribution in [2.45, 2.75) is 16.8 Å². The van der Waals surface area contributed by atoms with Crippen molar-refractivity contribution in [3.05, 3.63) is 63.4 Å². The summed E-state index contributed by atoms with van der Waals surface area (Å²) in [5.74, 6) is 0. The zero-order valence-corrected chi connectivity index (χ0v) is 14.5. The molecule has 2 aromatic carbocycles. The minimum Gasteiger partial charge on any atom is -0.267 e. The Morgan fingerprint density at radius 3 is 2.56 bits per heavy atom. The predicted octanol–water partition coefficient (Wildman–Crippen LogP) is 2.37. The van der Waals surface area contributed by atoms with Gasteiger partial charge >= 0.3 is 0 Å². The quantitative estimate of drug-likeness (QED) is 0.581. The number of aryl methyl sites for hydroxylation is 1. The van der Waals surface area contributed by atoms with E-state index in [9.17, 15) is 13.2 Å². The van der Waals surface area contributed by atoms with Crippen LogP contribution in [0.15, 0.2) is 57.2 Å². The summed E-state index contributed by atoms with van der Waals surface area (Å²) in [5, 5.41) is 6.86. The fourth-order valence-corrected chi connectivity index (χ4v) is 4.02. The Morgan fingerprint density at radius 2 is 1.84 bits per heavy atom. The highest BCUT2D eigenvalue weighted by atomic mass is 35.5. The summed E-state index contributed by atoms with van der Waals surface area (Å²) >= 11 is 5.91. The number of aromatic amines is 1. The minimum absolute atomic E-state index is 0.0552.